The maximum absolute atomic E-state index is 13.1. The van der Waals surface area contributed by atoms with E-state index in [2.05, 4.69) is 4.98 Å². The van der Waals surface area contributed by atoms with Crippen molar-refractivity contribution in [2.24, 2.45) is 0 Å². The molecule has 0 fully saturated rings. The first-order chi connectivity index (χ1) is 12.6. The number of imidazole rings is 1. The third-order valence-corrected chi connectivity index (χ3v) is 4.58. The summed E-state index contributed by atoms with van der Waals surface area (Å²) >= 11 is 6.39. The fraction of sp³-hybridized carbons (Fsp3) is 0.158. The van der Waals surface area contributed by atoms with E-state index < -0.39 is 0 Å². The number of nitrogens with zero attached hydrogens (tertiary/aromatic N) is 3. The summed E-state index contributed by atoms with van der Waals surface area (Å²) in [6.45, 7) is 0.628. The number of carbonyl (C=O) groups is 1. The molecular formula is C19H15ClFN3O2. The first kappa shape index (κ1) is 16.6. The smallest absolute Gasteiger partial charge is 0.335 e. The van der Waals surface area contributed by atoms with Gasteiger partial charge < -0.3 is 4.74 Å². The monoisotopic (exact) mass is 371 g/mol. The molecule has 7 heteroatoms. The molecule has 3 aromatic rings. The second-order valence-electron chi connectivity index (χ2n) is 5.86. The van der Waals surface area contributed by atoms with Crippen LogP contribution >= 0.6 is 11.6 Å². The number of ether oxygens (including phenoxy) is 1. The zero-order chi connectivity index (χ0) is 18.1. The average molecular weight is 372 g/mol. The van der Waals surface area contributed by atoms with E-state index in [1.807, 2.05) is 30.3 Å². The van der Waals surface area contributed by atoms with Crippen LogP contribution in [0.15, 0.2) is 54.6 Å². The van der Waals surface area contributed by atoms with Crippen LogP contribution in [0.5, 0.6) is 5.75 Å². The first-order valence-corrected chi connectivity index (χ1v) is 8.52. The van der Waals surface area contributed by atoms with Crippen molar-refractivity contribution in [3.05, 3.63) is 77.1 Å². The van der Waals surface area contributed by atoms with Crippen LogP contribution in [0.2, 0.25) is 5.15 Å². The van der Waals surface area contributed by atoms with E-state index in [1.54, 1.807) is 17.0 Å². The van der Waals surface area contributed by atoms with Crippen LogP contribution in [0.25, 0.3) is 0 Å². The van der Waals surface area contributed by atoms with Gasteiger partial charge >= 0.3 is 6.03 Å². The minimum atomic E-state index is -0.347. The molecule has 0 unspecified atom stereocenters. The van der Waals surface area contributed by atoms with Crippen molar-refractivity contribution < 1.29 is 13.9 Å². The first-order valence-electron chi connectivity index (χ1n) is 8.15. The third-order valence-electron chi connectivity index (χ3n) is 4.19. The summed E-state index contributed by atoms with van der Waals surface area (Å²) in [6, 6.07) is 14.8. The van der Waals surface area contributed by atoms with E-state index in [1.165, 1.54) is 16.7 Å². The van der Waals surface area contributed by atoms with Gasteiger partial charge in [0.15, 0.2) is 0 Å². The van der Waals surface area contributed by atoms with Crippen molar-refractivity contribution in [2.75, 3.05) is 11.4 Å². The van der Waals surface area contributed by atoms with Crippen LogP contribution in [-0.4, -0.2) is 22.1 Å². The molecule has 2 aromatic carbocycles. The molecule has 2 heterocycles. The largest absolute Gasteiger partial charge is 0.487 e. The molecule has 4 rings (SSSR count). The molecule has 0 saturated carbocycles. The maximum atomic E-state index is 13.1. The van der Waals surface area contributed by atoms with E-state index in [0.29, 0.717) is 35.9 Å². The average Bonchev–Trinajstić information content (AvgIpc) is 2.99. The molecule has 1 aliphatic heterocycles. The van der Waals surface area contributed by atoms with Gasteiger partial charge in [0.05, 0.1) is 0 Å². The van der Waals surface area contributed by atoms with Crippen LogP contribution in [-0.2, 0) is 13.0 Å². The van der Waals surface area contributed by atoms with Crippen molar-refractivity contribution in [1.82, 2.24) is 9.55 Å². The van der Waals surface area contributed by atoms with Gasteiger partial charge in [-0.2, -0.15) is 0 Å². The Bertz CT molecular complexity index is 941. The molecule has 0 bridgehead atoms. The Morgan fingerprint density at radius 2 is 1.85 bits per heavy atom. The minimum absolute atomic E-state index is 0.173. The number of hydrogen-bond donors (Lipinski definition) is 0. The zero-order valence-corrected chi connectivity index (χ0v) is 14.5. The molecule has 0 atom stereocenters. The van der Waals surface area contributed by atoms with Gasteiger partial charge in [0.2, 0.25) is 0 Å². The number of aromatic nitrogens is 2. The fourth-order valence-electron chi connectivity index (χ4n) is 2.91. The Morgan fingerprint density at radius 3 is 2.58 bits per heavy atom. The van der Waals surface area contributed by atoms with Gasteiger partial charge in [0.25, 0.3) is 0 Å². The summed E-state index contributed by atoms with van der Waals surface area (Å²) in [5, 5.41) is 0.243. The Hall–Kier alpha value is -2.86. The topological polar surface area (TPSA) is 47.4 Å². The summed E-state index contributed by atoms with van der Waals surface area (Å²) in [4.78, 5) is 18.9. The Morgan fingerprint density at radius 1 is 1.12 bits per heavy atom. The number of fused-ring (bicyclic) bond motifs is 1. The molecule has 1 aliphatic rings. The summed E-state index contributed by atoms with van der Waals surface area (Å²) in [7, 11) is 0. The highest BCUT2D eigenvalue weighted by Crippen LogP contribution is 2.27. The lowest BCUT2D eigenvalue weighted by Crippen LogP contribution is -2.41. The third kappa shape index (κ3) is 3.04. The maximum Gasteiger partial charge on any atom is 0.335 e. The summed E-state index contributed by atoms with van der Waals surface area (Å²) in [6.07, 6.45) is 0.550. The van der Waals surface area contributed by atoms with Crippen molar-refractivity contribution in [1.29, 1.82) is 0 Å². The number of rotatable bonds is 4. The molecule has 26 heavy (non-hydrogen) atoms. The minimum Gasteiger partial charge on any atom is -0.487 e. The standard InChI is InChI=1S/C19H15ClFN3O2/c20-18-16(12-26-15-4-2-1-3-5-15)22-17-10-11-23(19(25)24(17)18)14-8-6-13(21)7-9-14/h1-9H,10-12H2. The molecule has 5 nitrogen and oxygen atoms in total. The van der Waals surface area contributed by atoms with Crippen molar-refractivity contribution >= 4 is 23.3 Å². The van der Waals surface area contributed by atoms with Gasteiger partial charge in [0.1, 0.15) is 34.8 Å². The Balaban J connectivity index is 1.57. The lowest BCUT2D eigenvalue weighted by molar-refractivity contribution is 0.245. The summed E-state index contributed by atoms with van der Waals surface area (Å²) in [5.74, 6) is 0.957. The van der Waals surface area contributed by atoms with Gasteiger partial charge in [-0.3, -0.25) is 4.90 Å². The number of anilines is 1. The second-order valence-corrected chi connectivity index (χ2v) is 6.22. The van der Waals surface area contributed by atoms with Crippen LogP contribution in [0, 0.1) is 5.82 Å². The lowest BCUT2D eigenvalue weighted by Gasteiger charge is -2.27. The highest BCUT2D eigenvalue weighted by atomic mass is 35.5. The molecule has 0 saturated heterocycles. The lowest BCUT2D eigenvalue weighted by atomic mass is 10.2. The number of benzene rings is 2. The van der Waals surface area contributed by atoms with E-state index >= 15 is 0 Å². The molecule has 0 spiro atoms. The van der Waals surface area contributed by atoms with E-state index in [9.17, 15) is 9.18 Å². The van der Waals surface area contributed by atoms with Crippen LogP contribution in [0.4, 0.5) is 14.9 Å². The number of para-hydroxylation sites is 1. The SMILES string of the molecule is O=C1N(c2ccc(F)cc2)CCc2nc(COc3ccccc3)c(Cl)n21. The molecule has 1 amide bonds. The predicted octanol–water partition coefficient (Wildman–Crippen LogP) is 4.29. The van der Waals surface area contributed by atoms with Gasteiger partial charge in [-0.15, -0.1) is 0 Å². The number of carbonyl (C=O) groups excluding carboxylic acids is 1. The summed E-state index contributed by atoms with van der Waals surface area (Å²) < 4.78 is 20.2. The molecule has 0 aliphatic carbocycles. The quantitative estimate of drug-likeness (QED) is 0.687. The fourth-order valence-corrected chi connectivity index (χ4v) is 3.17. The van der Waals surface area contributed by atoms with Crippen molar-refractivity contribution in [2.45, 2.75) is 13.0 Å². The second kappa shape index (κ2) is 6.80. The van der Waals surface area contributed by atoms with Gasteiger partial charge in [-0.1, -0.05) is 29.8 Å². The van der Waals surface area contributed by atoms with Crippen molar-refractivity contribution in [3.8, 4) is 5.75 Å². The highest BCUT2D eigenvalue weighted by Gasteiger charge is 2.30. The molecule has 0 radical (unpaired) electrons. The number of amides is 1. The van der Waals surface area contributed by atoms with Crippen molar-refractivity contribution in [3.63, 3.8) is 0 Å². The number of hydrogen-bond acceptors (Lipinski definition) is 3. The molecular weight excluding hydrogens is 357 g/mol. The summed E-state index contributed by atoms with van der Waals surface area (Å²) in [5.41, 5.74) is 1.13. The molecule has 1 aromatic heterocycles. The highest BCUT2D eigenvalue weighted by molar-refractivity contribution is 6.31. The normalized spacial score (nSPS) is 13.6. The van der Waals surface area contributed by atoms with Gasteiger partial charge in [-0.25, -0.2) is 18.7 Å². The van der Waals surface area contributed by atoms with E-state index in [4.69, 9.17) is 16.3 Å². The van der Waals surface area contributed by atoms with E-state index in [-0.39, 0.29) is 23.6 Å². The Labute approximate surface area is 154 Å². The van der Waals surface area contributed by atoms with Crippen LogP contribution < -0.4 is 9.64 Å². The van der Waals surface area contributed by atoms with Crippen LogP contribution in [0.3, 0.4) is 0 Å². The Kier molecular flexibility index (Phi) is 4.34. The van der Waals surface area contributed by atoms with Gasteiger partial charge in [-0.05, 0) is 36.4 Å². The van der Waals surface area contributed by atoms with E-state index in [0.717, 1.165) is 0 Å². The number of halogens is 2. The molecule has 132 valence electrons. The molecule has 0 N–H and O–H groups in total. The van der Waals surface area contributed by atoms with Gasteiger partial charge in [0, 0.05) is 18.7 Å². The zero-order valence-electron chi connectivity index (χ0n) is 13.7. The van der Waals surface area contributed by atoms with Crippen LogP contribution in [0.1, 0.15) is 11.5 Å². The predicted molar refractivity (Wildman–Crippen MR) is 96.3 cm³/mol.